The summed E-state index contributed by atoms with van der Waals surface area (Å²) in [6.07, 6.45) is 5.48. The van der Waals surface area contributed by atoms with E-state index in [0.29, 0.717) is 15.1 Å². The zero-order valence-corrected chi connectivity index (χ0v) is 79.2. The fraction of sp³-hybridized carbons (Fsp3) is 0.134. The summed E-state index contributed by atoms with van der Waals surface area (Å²) in [4.78, 5) is 15.3. The number of hydrogen-bond acceptors (Lipinski definition) is 15. The number of aryl methyl sites for hydroxylation is 5. The molecule has 9 aromatic heterocycles. The number of rotatable bonds is 14. The first-order valence-corrected chi connectivity index (χ1v) is 49.3. The Balaban J connectivity index is 0.000000147. The largest absolute Gasteiger partial charge is 0.0622 e. The van der Waals surface area contributed by atoms with Crippen molar-refractivity contribution in [2.75, 3.05) is 26.6 Å². The van der Waals surface area contributed by atoms with Crippen molar-refractivity contribution < 1.29 is 40.2 Å². The average Bonchev–Trinajstić information content (AvgIpc) is 1.63. The smallest absolute Gasteiger partial charge is 0.0134 e. The summed E-state index contributed by atoms with van der Waals surface area (Å²) in [6, 6.07) is 94.6. The molecule has 27 heteroatoms. The van der Waals surface area contributed by atoms with Gasteiger partial charge < -0.3 is 29.6 Å². The minimum atomic E-state index is -1.41. The standard InChI is InChI=1S/C25H24N4OS.2C18H15P.C17H14ClN3OS.C11H13BO3S.C6H3ClIN3.2CH4.2ClH.Pd/c1-14-6-7-18(10-15(14)2)27-24-8-9-25-26-13-20(29(25)28-24)23-11-19-16(3)17(4)21(30-5)12-22(19)31-23;2*1-4-10-16(11-5-1)19(17-12-6-2-7-13-17)18-14-8-3-9-15-18;1-9-10(2)13(22-3)7-14-11(9)6-15(23-14)12-8-19-17-5-4-16(18)20-21(12)17;1-6-4-9-8(11(15-3)7(6)2)5-10(16-9)12(13)14;7-4-1-2-6-9-3-5(8)11(6)10-4;;;;;/h6-13H,1-5H3,(H,27,28);2*1-15H;4-8H,1-3H3;4-5,13-14H,1-3H3;1-3H;2*1H4;2*1H;/q;;;;;;;;;;+2/p-2. The predicted molar refractivity (Wildman–Crippen MR) is 538 cm³/mol. The van der Waals surface area contributed by atoms with Crippen LogP contribution in [-0.4, -0.2) is 82.3 Å². The Morgan fingerprint density at radius 1 is 0.395 bits per heavy atom. The van der Waals surface area contributed by atoms with Crippen LogP contribution in [0.1, 0.15) is 59.4 Å². The second-order valence-corrected chi connectivity index (χ2v) is 39.8. The number of imidazole rings is 3. The number of hydrogen-bond donors (Lipinski definition) is 3. The number of anilines is 2. The first kappa shape index (κ1) is 95.2. The van der Waals surface area contributed by atoms with Crippen LogP contribution in [0, 0.1) is 59.1 Å². The van der Waals surface area contributed by atoms with Gasteiger partial charge in [-0.1, -0.05) is 226 Å². The summed E-state index contributed by atoms with van der Waals surface area (Å²) >= 11 is 18.6. The molecule has 0 aliphatic carbocycles. The van der Waals surface area contributed by atoms with Crippen molar-refractivity contribution in [3.8, 4) is 38.4 Å². The Labute approximate surface area is 779 Å². The van der Waals surface area contributed by atoms with E-state index in [1.165, 1.54) is 96.7 Å². The van der Waals surface area contributed by atoms with E-state index in [2.05, 4.69) is 319 Å². The number of halogens is 5. The summed E-state index contributed by atoms with van der Waals surface area (Å²) in [5.41, 5.74) is 15.0. The topological polar surface area (TPSA) is 171 Å². The van der Waals surface area contributed by atoms with Crippen molar-refractivity contribution in [2.24, 2.45) is 0 Å². The number of nitrogens with one attached hydrogen (secondary N) is 1. The third-order valence-corrected chi connectivity index (χ3v) is 29.6. The number of nitrogens with zero attached hydrogens (tertiary/aromatic N) is 9. The van der Waals surface area contributed by atoms with Crippen LogP contribution in [0.5, 0.6) is 17.2 Å². The molecule has 0 spiro atoms. The van der Waals surface area contributed by atoms with E-state index in [1.807, 2.05) is 61.1 Å². The summed E-state index contributed by atoms with van der Waals surface area (Å²) in [6.45, 7) is 16.7. The third kappa shape index (κ3) is 22.8. The maximum Gasteiger partial charge on any atom is -0.0134 e. The van der Waals surface area contributed by atoms with E-state index in [0.717, 1.165) is 91.8 Å². The third-order valence-electron chi connectivity index (χ3n) is 20.3. The summed E-state index contributed by atoms with van der Waals surface area (Å²) in [7, 11) is 12.4. The van der Waals surface area contributed by atoms with Gasteiger partial charge in [0, 0.05) is 29.9 Å². The molecule has 0 radical (unpaired) electrons. The molecule has 19 rings (SSSR count). The first-order valence-electron chi connectivity index (χ1n) is 38.3. The second kappa shape index (κ2) is 45.1. The van der Waals surface area contributed by atoms with Crippen molar-refractivity contribution in [1.82, 2.24) is 43.8 Å². The molecule has 0 bridgehead atoms. The summed E-state index contributed by atoms with van der Waals surface area (Å²) in [5, 5.41) is 47.7. The van der Waals surface area contributed by atoms with Gasteiger partial charge in [0.15, 0.2) is 22.8 Å². The van der Waals surface area contributed by atoms with Crippen LogP contribution in [0.3, 0.4) is 0 Å². The molecule has 0 unspecified atom stereocenters. The molecule has 636 valence electrons. The maximum absolute atomic E-state index is 9.15. The van der Waals surface area contributed by atoms with Crippen molar-refractivity contribution in [3.05, 3.63) is 350 Å². The van der Waals surface area contributed by atoms with E-state index in [1.54, 1.807) is 77.4 Å². The summed E-state index contributed by atoms with van der Waals surface area (Å²) in [5.74, 6) is 3.44. The van der Waals surface area contributed by atoms with Gasteiger partial charge in [-0.25, -0.2) is 28.5 Å². The van der Waals surface area contributed by atoms with Gasteiger partial charge in [-0.05, 0) is 266 Å². The van der Waals surface area contributed by atoms with Crippen LogP contribution < -0.4 is 56.1 Å². The molecular weight excluding hydrogens is 1930 g/mol. The minimum Gasteiger partial charge on any atom is -0.0622 e. The van der Waals surface area contributed by atoms with Gasteiger partial charge in [-0.3, -0.25) is 0 Å². The zero-order valence-electron chi connectivity index (χ0n) is 68.3. The second-order valence-electron chi connectivity index (χ2n) is 27.9. The molecular formula is C97H92BCl4IN10O5P2PdS3. The molecule has 0 aliphatic heterocycles. The van der Waals surface area contributed by atoms with Gasteiger partial charge in [0.25, 0.3) is 0 Å². The van der Waals surface area contributed by atoms with Crippen LogP contribution >= 0.6 is 115 Å². The Morgan fingerprint density at radius 2 is 0.774 bits per heavy atom. The van der Waals surface area contributed by atoms with E-state index < -0.39 is 23.0 Å². The molecule has 19 aromatic rings. The van der Waals surface area contributed by atoms with Crippen LogP contribution in [-0.2, 0) is 15.9 Å². The normalized spacial score (nSPS) is 10.7. The van der Waals surface area contributed by atoms with Crippen molar-refractivity contribution in [1.29, 1.82) is 0 Å². The molecule has 15 nitrogen and oxygen atoms in total. The van der Waals surface area contributed by atoms with Gasteiger partial charge >= 0.3 is 42.1 Å². The predicted octanol–water partition coefficient (Wildman–Crippen LogP) is 24.2. The van der Waals surface area contributed by atoms with Crippen molar-refractivity contribution in [3.63, 3.8) is 0 Å². The number of fused-ring (bicyclic) bond motifs is 6. The van der Waals surface area contributed by atoms with Gasteiger partial charge in [0.2, 0.25) is 0 Å². The van der Waals surface area contributed by atoms with Gasteiger partial charge in [-0.15, -0.1) is 39.1 Å². The van der Waals surface area contributed by atoms with Crippen molar-refractivity contribution >= 4 is 217 Å². The van der Waals surface area contributed by atoms with E-state index in [4.69, 9.17) is 71.6 Å². The number of ether oxygens (including phenoxy) is 3. The average molecular weight is 2020 g/mol. The Bertz CT molecular complexity index is 6440. The van der Waals surface area contributed by atoms with E-state index in [9.17, 15) is 0 Å². The number of benzene rings is 10. The number of methoxy groups -OCH3 is 3. The SMILES string of the molecule is C.C.COc1c(C)c(C)cc2sc(B(O)O)cc12.COc1cc2sc(-c3cnc4ccc(Cl)nn34)cc2c(C)c1C.COc1cc2sc(-c3cnc4ccc(Nc5ccc(C)c(C)c5)nn34)cc2c(C)c1C.Clc1ccc2ncc(I)n2n1.[Cl][Pd][Cl].c1ccc(P(c2ccccc2)c2ccccc2)cc1.c1ccc(P(c2ccccc2)c2ccccc2)cc1. The quantitative estimate of drug-likeness (QED) is 0.0536. The molecule has 0 fully saturated rings. The molecule has 0 aliphatic rings. The van der Waals surface area contributed by atoms with Gasteiger partial charge in [-0.2, -0.15) is 10.2 Å². The molecule has 0 saturated carbocycles. The number of aromatic nitrogens is 9. The fourth-order valence-corrected chi connectivity index (χ4v) is 22.3. The molecule has 3 N–H and O–H groups in total. The van der Waals surface area contributed by atoms with Gasteiger partial charge in [0.1, 0.15) is 42.6 Å². The van der Waals surface area contributed by atoms with Crippen LogP contribution in [0.2, 0.25) is 10.3 Å². The number of thiophene rings is 3. The Morgan fingerprint density at radius 3 is 1.17 bits per heavy atom. The fourth-order valence-electron chi connectivity index (χ4n) is 13.6. The Hall–Kier alpha value is -9.46. The molecule has 0 atom stereocenters. The molecule has 124 heavy (non-hydrogen) atoms. The minimum absolute atomic E-state index is 0. The Kier molecular flexibility index (Phi) is 34.6. The van der Waals surface area contributed by atoms with Crippen molar-refractivity contribution in [2.45, 2.75) is 70.2 Å². The zero-order chi connectivity index (χ0) is 86.1. The molecule has 9 heterocycles. The van der Waals surface area contributed by atoms with E-state index >= 15 is 0 Å². The monoisotopic (exact) mass is 2020 g/mol. The van der Waals surface area contributed by atoms with Crippen LogP contribution in [0.15, 0.2) is 292 Å². The summed E-state index contributed by atoms with van der Waals surface area (Å²) < 4.78 is 26.7. The van der Waals surface area contributed by atoms with Gasteiger partial charge in [0.05, 0.1) is 49.7 Å². The molecule has 0 saturated heterocycles. The van der Waals surface area contributed by atoms with Crippen LogP contribution in [0.4, 0.5) is 11.5 Å². The van der Waals surface area contributed by atoms with Crippen LogP contribution in [0.25, 0.3) is 68.3 Å². The van der Waals surface area contributed by atoms with E-state index in [-0.39, 0.29) is 30.8 Å². The maximum atomic E-state index is 9.15. The molecule has 10 aromatic carbocycles. The first-order chi connectivity index (χ1) is 59.1. The molecule has 0 amide bonds.